The molecule has 3 aromatic rings. The maximum atomic E-state index is 13.6. The number of carbonyl (C=O) groups excluding carboxylic acids is 2. The lowest BCUT2D eigenvalue weighted by Gasteiger charge is -2.10. The molecule has 3 aromatic heterocycles. The molecule has 0 atom stereocenters. The summed E-state index contributed by atoms with van der Waals surface area (Å²) in [7, 11) is 0. The van der Waals surface area contributed by atoms with Crippen LogP contribution in [0.15, 0.2) is 23.6 Å². The fourth-order valence-corrected chi connectivity index (χ4v) is 4.23. The monoisotopic (exact) mass is 399 g/mol. The van der Waals surface area contributed by atoms with Crippen LogP contribution in [0.3, 0.4) is 0 Å². The maximum absolute atomic E-state index is 13.6. The predicted molar refractivity (Wildman–Crippen MR) is 93.6 cm³/mol. The number of fused-ring (bicyclic) bond motifs is 1. The highest BCUT2D eigenvalue weighted by atomic mass is 32.1. The topological polar surface area (TPSA) is 56.3 Å². The van der Waals surface area contributed by atoms with E-state index >= 15 is 0 Å². The number of Topliss-reactive ketones (excluding diaryl/α,β-unsaturated/α-hetero) is 1. The molecule has 136 valence electrons. The van der Waals surface area contributed by atoms with Gasteiger partial charge in [0.2, 0.25) is 0 Å². The molecule has 0 saturated carbocycles. The second kappa shape index (κ2) is 6.81. The molecule has 0 fully saturated rings. The number of pyridine rings is 1. The largest absolute Gasteiger partial charge is 0.454 e. The van der Waals surface area contributed by atoms with Gasteiger partial charge in [-0.15, -0.1) is 22.7 Å². The number of nitrogens with zero attached hydrogens (tertiary/aromatic N) is 1. The molecule has 0 saturated heterocycles. The molecule has 0 aliphatic rings. The van der Waals surface area contributed by atoms with Crippen LogP contribution in [-0.4, -0.2) is 23.3 Å². The van der Waals surface area contributed by atoms with Crippen LogP contribution in [0.5, 0.6) is 0 Å². The smallest absolute Gasteiger partial charge is 0.417 e. The zero-order chi connectivity index (χ0) is 19.1. The number of ketones is 1. The Bertz CT molecular complexity index is 991. The number of alkyl halides is 3. The fraction of sp³-hybridized carbons (Fsp3) is 0.235. The Morgan fingerprint density at radius 1 is 1.31 bits per heavy atom. The number of hydrogen-bond donors (Lipinski definition) is 0. The molecular formula is C17H12F3NO3S2. The first-order chi connectivity index (χ1) is 12.2. The van der Waals surface area contributed by atoms with Crippen molar-refractivity contribution in [1.29, 1.82) is 0 Å². The van der Waals surface area contributed by atoms with Crippen molar-refractivity contribution in [2.45, 2.75) is 20.0 Å². The number of hydrogen-bond acceptors (Lipinski definition) is 6. The van der Waals surface area contributed by atoms with E-state index in [0.717, 1.165) is 17.4 Å². The zero-order valence-corrected chi connectivity index (χ0v) is 15.3. The van der Waals surface area contributed by atoms with Gasteiger partial charge in [0.1, 0.15) is 16.3 Å². The third-order valence-corrected chi connectivity index (χ3v) is 5.63. The first-order valence-corrected chi connectivity index (χ1v) is 9.10. The summed E-state index contributed by atoms with van der Waals surface area (Å²) in [5.41, 5.74) is -0.494. The lowest BCUT2D eigenvalue weighted by Crippen LogP contribution is -2.11. The average Bonchev–Trinajstić information content (AvgIpc) is 3.19. The molecule has 3 heterocycles. The predicted octanol–water partition coefficient (Wildman–Crippen LogP) is 5.10. The quantitative estimate of drug-likeness (QED) is 0.573. The number of rotatable bonds is 4. The highest BCUT2D eigenvalue weighted by molar-refractivity contribution is 7.20. The van der Waals surface area contributed by atoms with Crippen LogP contribution < -0.4 is 0 Å². The van der Waals surface area contributed by atoms with E-state index in [1.165, 1.54) is 25.2 Å². The molecule has 0 N–H and O–H groups in total. The molecule has 0 aromatic carbocycles. The van der Waals surface area contributed by atoms with Crippen molar-refractivity contribution in [2.75, 3.05) is 6.61 Å². The van der Waals surface area contributed by atoms with E-state index in [1.807, 2.05) is 0 Å². The molecule has 0 radical (unpaired) electrons. The van der Waals surface area contributed by atoms with Crippen LogP contribution in [-0.2, 0) is 15.7 Å². The van der Waals surface area contributed by atoms with Gasteiger partial charge in [-0.05, 0) is 36.9 Å². The number of thiophene rings is 2. The van der Waals surface area contributed by atoms with E-state index in [9.17, 15) is 22.8 Å². The van der Waals surface area contributed by atoms with Crippen LogP contribution >= 0.6 is 22.7 Å². The van der Waals surface area contributed by atoms with Gasteiger partial charge in [-0.2, -0.15) is 13.2 Å². The second-order valence-electron chi connectivity index (χ2n) is 5.54. The molecule has 4 nitrogen and oxygen atoms in total. The SMILES string of the molecule is CC(=O)COC(=O)c1sc2nc(-c3cccs3)cc(C(F)(F)F)c2c1C. The van der Waals surface area contributed by atoms with Crippen molar-refractivity contribution in [3.8, 4) is 10.6 Å². The Morgan fingerprint density at radius 3 is 2.62 bits per heavy atom. The average molecular weight is 399 g/mol. The van der Waals surface area contributed by atoms with E-state index < -0.39 is 24.3 Å². The van der Waals surface area contributed by atoms with Crippen molar-refractivity contribution in [3.63, 3.8) is 0 Å². The molecule has 0 bridgehead atoms. The lowest BCUT2D eigenvalue weighted by molar-refractivity contribution is -0.136. The van der Waals surface area contributed by atoms with Gasteiger partial charge in [0, 0.05) is 5.39 Å². The number of ether oxygens (including phenoxy) is 1. The van der Waals surface area contributed by atoms with Gasteiger partial charge >= 0.3 is 12.1 Å². The first-order valence-electron chi connectivity index (χ1n) is 7.40. The molecule has 0 aliphatic carbocycles. The summed E-state index contributed by atoms with van der Waals surface area (Å²) in [6, 6.07) is 4.41. The summed E-state index contributed by atoms with van der Waals surface area (Å²) in [6.45, 7) is 2.25. The molecule has 3 rings (SSSR count). The lowest BCUT2D eigenvalue weighted by atomic mass is 10.1. The summed E-state index contributed by atoms with van der Waals surface area (Å²) in [5.74, 6) is -1.18. The van der Waals surface area contributed by atoms with E-state index in [0.29, 0.717) is 4.88 Å². The highest BCUT2D eigenvalue weighted by Gasteiger charge is 2.36. The second-order valence-corrected chi connectivity index (χ2v) is 7.49. The number of carbonyl (C=O) groups is 2. The van der Waals surface area contributed by atoms with Gasteiger partial charge in [0.05, 0.1) is 16.1 Å². The molecule has 0 aliphatic heterocycles. The zero-order valence-electron chi connectivity index (χ0n) is 13.6. The number of aromatic nitrogens is 1. The first kappa shape index (κ1) is 18.5. The van der Waals surface area contributed by atoms with Gasteiger partial charge in [0.15, 0.2) is 5.78 Å². The molecule has 0 amide bonds. The number of aryl methyl sites for hydroxylation is 1. The summed E-state index contributed by atoms with van der Waals surface area (Å²) < 4.78 is 45.7. The minimum Gasteiger partial charge on any atom is -0.454 e. The van der Waals surface area contributed by atoms with Crippen molar-refractivity contribution in [1.82, 2.24) is 4.98 Å². The van der Waals surface area contributed by atoms with Crippen LogP contribution in [0.1, 0.15) is 27.7 Å². The third kappa shape index (κ3) is 3.49. The third-order valence-electron chi connectivity index (χ3n) is 3.57. The summed E-state index contributed by atoms with van der Waals surface area (Å²) in [5, 5.41) is 1.64. The van der Waals surface area contributed by atoms with Crippen molar-refractivity contribution in [2.24, 2.45) is 0 Å². The maximum Gasteiger partial charge on any atom is 0.417 e. The number of halogens is 3. The van der Waals surface area contributed by atoms with Crippen LogP contribution in [0, 0.1) is 6.92 Å². The Hall–Kier alpha value is -2.26. The summed E-state index contributed by atoms with van der Waals surface area (Å²) in [6.07, 6.45) is -4.60. The van der Waals surface area contributed by atoms with Crippen molar-refractivity contribution >= 4 is 44.6 Å². The Morgan fingerprint density at radius 2 is 2.04 bits per heavy atom. The van der Waals surface area contributed by atoms with Crippen LogP contribution in [0.25, 0.3) is 20.8 Å². The van der Waals surface area contributed by atoms with Crippen LogP contribution in [0.2, 0.25) is 0 Å². The van der Waals surface area contributed by atoms with Gasteiger partial charge in [-0.25, -0.2) is 9.78 Å². The van der Waals surface area contributed by atoms with E-state index in [4.69, 9.17) is 4.74 Å². The van der Waals surface area contributed by atoms with Crippen molar-refractivity contribution < 1.29 is 27.5 Å². The van der Waals surface area contributed by atoms with E-state index in [1.54, 1.807) is 17.5 Å². The van der Waals surface area contributed by atoms with Gasteiger partial charge in [-0.1, -0.05) is 6.07 Å². The highest BCUT2D eigenvalue weighted by Crippen LogP contribution is 2.42. The summed E-state index contributed by atoms with van der Waals surface area (Å²) >= 11 is 2.11. The van der Waals surface area contributed by atoms with E-state index in [2.05, 4.69) is 4.98 Å². The van der Waals surface area contributed by atoms with Gasteiger partial charge in [0.25, 0.3) is 0 Å². The molecule has 0 unspecified atom stereocenters. The Balaban J connectivity index is 2.19. The fourth-order valence-electron chi connectivity index (χ4n) is 2.45. The van der Waals surface area contributed by atoms with Gasteiger partial charge < -0.3 is 4.74 Å². The minimum absolute atomic E-state index is 0.0163. The minimum atomic E-state index is -4.60. The van der Waals surface area contributed by atoms with Crippen molar-refractivity contribution in [3.05, 3.63) is 39.6 Å². The Labute approximate surface area is 154 Å². The number of esters is 1. The molecule has 26 heavy (non-hydrogen) atoms. The molecular weight excluding hydrogens is 387 g/mol. The van der Waals surface area contributed by atoms with E-state index in [-0.39, 0.29) is 32.1 Å². The standard InChI is InChI=1S/C17H12F3NO3S2/c1-8(22)7-24-16(23)14-9(2)13-10(17(18,19)20)6-11(21-15(13)26-14)12-4-3-5-25-12/h3-6H,7H2,1-2H3. The van der Waals surface area contributed by atoms with Gasteiger partial charge in [-0.3, -0.25) is 4.79 Å². The normalized spacial score (nSPS) is 11.7. The molecule has 0 spiro atoms. The molecule has 9 heteroatoms. The van der Waals surface area contributed by atoms with Crippen LogP contribution in [0.4, 0.5) is 13.2 Å². The summed E-state index contributed by atoms with van der Waals surface area (Å²) in [4.78, 5) is 28.1. The Kier molecular flexibility index (Phi) is 4.85.